The van der Waals surface area contributed by atoms with E-state index in [-0.39, 0.29) is 17.8 Å². The van der Waals surface area contributed by atoms with Crippen LogP contribution in [0.5, 0.6) is 5.75 Å². The highest BCUT2D eigenvalue weighted by Crippen LogP contribution is 2.25. The van der Waals surface area contributed by atoms with Crippen molar-refractivity contribution in [3.05, 3.63) is 46.8 Å². The fraction of sp³-hybridized carbons (Fsp3) is 0.400. The SMILES string of the molecule is Cc1noc(C)c1C(C)NC(C)c1ccc(O)cc1. The van der Waals surface area contributed by atoms with Crippen LogP contribution in [0.3, 0.4) is 0 Å². The van der Waals surface area contributed by atoms with Crippen LogP contribution in [0.4, 0.5) is 0 Å². The first kappa shape index (κ1) is 13.6. The quantitative estimate of drug-likeness (QED) is 0.884. The third-order valence-electron chi connectivity index (χ3n) is 3.41. The Hall–Kier alpha value is -1.81. The topological polar surface area (TPSA) is 58.3 Å². The third kappa shape index (κ3) is 2.96. The second-order valence-corrected chi connectivity index (χ2v) is 4.94. The van der Waals surface area contributed by atoms with Crippen LogP contribution < -0.4 is 5.32 Å². The molecule has 0 fully saturated rings. The first-order valence-electron chi connectivity index (χ1n) is 6.46. The molecule has 0 aliphatic rings. The van der Waals surface area contributed by atoms with E-state index in [1.165, 1.54) is 0 Å². The minimum Gasteiger partial charge on any atom is -0.508 e. The van der Waals surface area contributed by atoms with Crippen LogP contribution in [0.15, 0.2) is 28.8 Å². The van der Waals surface area contributed by atoms with Gasteiger partial charge in [0.15, 0.2) is 0 Å². The molecule has 4 nitrogen and oxygen atoms in total. The Morgan fingerprint density at radius 2 is 1.74 bits per heavy atom. The van der Waals surface area contributed by atoms with Crippen LogP contribution in [-0.4, -0.2) is 10.3 Å². The lowest BCUT2D eigenvalue weighted by molar-refractivity contribution is 0.389. The molecule has 2 unspecified atom stereocenters. The maximum atomic E-state index is 9.30. The van der Waals surface area contributed by atoms with Gasteiger partial charge in [-0.3, -0.25) is 0 Å². The molecule has 0 aliphatic carbocycles. The highest BCUT2D eigenvalue weighted by molar-refractivity contribution is 5.29. The van der Waals surface area contributed by atoms with Gasteiger partial charge in [-0.05, 0) is 45.4 Å². The van der Waals surface area contributed by atoms with Gasteiger partial charge in [-0.15, -0.1) is 0 Å². The standard InChI is InChI=1S/C15H20N2O2/c1-9(13-5-7-14(18)8-6-13)16-10(2)15-11(3)17-19-12(15)4/h5-10,16,18H,1-4H3. The average Bonchev–Trinajstić information content (AvgIpc) is 2.69. The van der Waals surface area contributed by atoms with E-state index in [1.807, 2.05) is 26.0 Å². The largest absolute Gasteiger partial charge is 0.508 e. The predicted molar refractivity (Wildman–Crippen MR) is 74.0 cm³/mol. The van der Waals surface area contributed by atoms with E-state index in [0.717, 1.165) is 22.6 Å². The number of hydrogen-bond acceptors (Lipinski definition) is 4. The van der Waals surface area contributed by atoms with E-state index in [1.54, 1.807) is 12.1 Å². The lowest BCUT2D eigenvalue weighted by atomic mass is 10.0. The summed E-state index contributed by atoms with van der Waals surface area (Å²) in [5.74, 6) is 1.14. The van der Waals surface area contributed by atoms with Gasteiger partial charge in [0.05, 0.1) is 5.69 Å². The van der Waals surface area contributed by atoms with E-state index in [2.05, 4.69) is 24.3 Å². The van der Waals surface area contributed by atoms with E-state index in [0.29, 0.717) is 0 Å². The summed E-state index contributed by atoms with van der Waals surface area (Å²) in [4.78, 5) is 0. The van der Waals surface area contributed by atoms with E-state index in [9.17, 15) is 5.11 Å². The number of aromatic hydroxyl groups is 1. The van der Waals surface area contributed by atoms with Crippen LogP contribution in [-0.2, 0) is 0 Å². The maximum Gasteiger partial charge on any atom is 0.138 e. The van der Waals surface area contributed by atoms with Crippen molar-refractivity contribution < 1.29 is 9.63 Å². The van der Waals surface area contributed by atoms with Crippen LogP contribution >= 0.6 is 0 Å². The first-order valence-corrected chi connectivity index (χ1v) is 6.46. The molecule has 0 bridgehead atoms. The van der Waals surface area contributed by atoms with Gasteiger partial charge in [0.2, 0.25) is 0 Å². The number of hydrogen-bond donors (Lipinski definition) is 2. The second kappa shape index (κ2) is 5.45. The van der Waals surface area contributed by atoms with Crippen LogP contribution in [0, 0.1) is 13.8 Å². The fourth-order valence-corrected chi connectivity index (χ4v) is 2.43. The molecule has 0 saturated carbocycles. The molecular formula is C15H20N2O2. The summed E-state index contributed by atoms with van der Waals surface area (Å²) in [5, 5.41) is 16.8. The molecule has 2 rings (SSSR count). The highest BCUT2D eigenvalue weighted by atomic mass is 16.5. The number of phenolic OH excluding ortho intramolecular Hbond substituents is 1. The summed E-state index contributed by atoms with van der Waals surface area (Å²) in [6.07, 6.45) is 0. The normalized spacial score (nSPS) is 14.3. The van der Waals surface area contributed by atoms with Gasteiger partial charge in [0, 0.05) is 17.6 Å². The molecule has 1 aromatic carbocycles. The molecule has 0 radical (unpaired) electrons. The van der Waals surface area contributed by atoms with Crippen molar-refractivity contribution in [2.24, 2.45) is 0 Å². The Morgan fingerprint density at radius 3 is 2.26 bits per heavy atom. The fourth-order valence-electron chi connectivity index (χ4n) is 2.43. The van der Waals surface area contributed by atoms with Gasteiger partial charge in [-0.1, -0.05) is 17.3 Å². The van der Waals surface area contributed by atoms with E-state index >= 15 is 0 Å². The molecule has 4 heteroatoms. The number of rotatable bonds is 4. The molecule has 0 spiro atoms. The van der Waals surface area contributed by atoms with Gasteiger partial charge in [-0.25, -0.2) is 0 Å². The molecular weight excluding hydrogens is 240 g/mol. The lowest BCUT2D eigenvalue weighted by Crippen LogP contribution is -2.23. The summed E-state index contributed by atoms with van der Waals surface area (Å²) in [6, 6.07) is 7.60. The van der Waals surface area contributed by atoms with Crippen molar-refractivity contribution in [1.29, 1.82) is 0 Å². The highest BCUT2D eigenvalue weighted by Gasteiger charge is 2.18. The zero-order valence-electron chi connectivity index (χ0n) is 11.8. The summed E-state index contributed by atoms with van der Waals surface area (Å²) >= 11 is 0. The van der Waals surface area contributed by atoms with Crippen molar-refractivity contribution >= 4 is 0 Å². The van der Waals surface area contributed by atoms with E-state index in [4.69, 9.17) is 4.52 Å². The zero-order valence-corrected chi connectivity index (χ0v) is 11.8. The van der Waals surface area contributed by atoms with Crippen LogP contribution in [0.2, 0.25) is 0 Å². The van der Waals surface area contributed by atoms with Crippen LogP contribution in [0.1, 0.15) is 48.5 Å². The van der Waals surface area contributed by atoms with Crippen molar-refractivity contribution in [2.75, 3.05) is 0 Å². The van der Waals surface area contributed by atoms with Gasteiger partial charge in [-0.2, -0.15) is 0 Å². The monoisotopic (exact) mass is 260 g/mol. The number of benzene rings is 1. The van der Waals surface area contributed by atoms with E-state index < -0.39 is 0 Å². The molecule has 0 aliphatic heterocycles. The molecule has 2 atom stereocenters. The zero-order chi connectivity index (χ0) is 14.0. The van der Waals surface area contributed by atoms with Crippen molar-refractivity contribution in [3.8, 4) is 5.75 Å². The number of nitrogens with zero attached hydrogens (tertiary/aromatic N) is 1. The summed E-state index contributed by atoms with van der Waals surface area (Å²) in [5.41, 5.74) is 3.18. The molecule has 2 aromatic rings. The number of aromatic nitrogens is 1. The summed E-state index contributed by atoms with van der Waals surface area (Å²) < 4.78 is 5.20. The van der Waals surface area contributed by atoms with Crippen LogP contribution in [0.25, 0.3) is 0 Å². The minimum absolute atomic E-state index is 0.162. The van der Waals surface area contributed by atoms with Gasteiger partial charge >= 0.3 is 0 Å². The number of nitrogens with one attached hydrogen (secondary N) is 1. The van der Waals surface area contributed by atoms with Crippen molar-refractivity contribution in [1.82, 2.24) is 10.5 Å². The smallest absolute Gasteiger partial charge is 0.138 e. The average molecular weight is 260 g/mol. The Kier molecular flexibility index (Phi) is 3.90. The molecule has 102 valence electrons. The second-order valence-electron chi connectivity index (χ2n) is 4.94. The molecule has 1 heterocycles. The Labute approximate surface area is 113 Å². The maximum absolute atomic E-state index is 9.30. The lowest BCUT2D eigenvalue weighted by Gasteiger charge is -2.20. The Balaban J connectivity index is 2.10. The van der Waals surface area contributed by atoms with Crippen molar-refractivity contribution in [3.63, 3.8) is 0 Å². The predicted octanol–water partition coefficient (Wildman–Crippen LogP) is 3.41. The molecule has 1 aromatic heterocycles. The summed E-state index contributed by atoms with van der Waals surface area (Å²) in [6.45, 7) is 8.08. The van der Waals surface area contributed by atoms with Gasteiger partial charge in [0.25, 0.3) is 0 Å². The number of aryl methyl sites for hydroxylation is 2. The van der Waals surface area contributed by atoms with Crippen molar-refractivity contribution in [2.45, 2.75) is 39.8 Å². The van der Waals surface area contributed by atoms with Gasteiger partial charge in [0.1, 0.15) is 11.5 Å². The van der Waals surface area contributed by atoms with Gasteiger partial charge < -0.3 is 14.9 Å². The summed E-state index contributed by atoms with van der Waals surface area (Å²) in [7, 11) is 0. The molecule has 0 amide bonds. The molecule has 19 heavy (non-hydrogen) atoms. The third-order valence-corrected chi connectivity index (χ3v) is 3.41. The molecule has 0 saturated heterocycles. The minimum atomic E-state index is 0.162. The Morgan fingerprint density at radius 1 is 1.11 bits per heavy atom. The number of phenols is 1. The molecule has 2 N–H and O–H groups in total. The first-order chi connectivity index (χ1) is 8.99. The Bertz CT molecular complexity index is 526.